The Labute approximate surface area is 109 Å². The van der Waals surface area contributed by atoms with Gasteiger partial charge in [-0.25, -0.2) is 4.98 Å². The molecule has 18 heavy (non-hydrogen) atoms. The SMILES string of the molecule is CCNc1cccc(C(=O)NC(C)C(C)CC)n1. The molecule has 0 aliphatic rings. The van der Waals surface area contributed by atoms with Crippen LogP contribution in [0, 0.1) is 5.92 Å². The number of pyridine rings is 1. The third-order valence-corrected chi connectivity index (χ3v) is 3.20. The van der Waals surface area contributed by atoms with Crippen LogP contribution in [0.3, 0.4) is 0 Å². The number of nitrogens with one attached hydrogen (secondary N) is 2. The molecule has 0 bridgehead atoms. The maximum absolute atomic E-state index is 12.0. The molecule has 4 heteroatoms. The second kappa shape index (κ2) is 6.99. The Balaban J connectivity index is 2.69. The van der Waals surface area contributed by atoms with Crippen molar-refractivity contribution in [2.45, 2.75) is 40.2 Å². The maximum Gasteiger partial charge on any atom is 0.270 e. The van der Waals surface area contributed by atoms with Crippen molar-refractivity contribution in [2.75, 3.05) is 11.9 Å². The van der Waals surface area contributed by atoms with Crippen LogP contribution in [0.25, 0.3) is 0 Å². The van der Waals surface area contributed by atoms with E-state index in [4.69, 9.17) is 0 Å². The van der Waals surface area contributed by atoms with E-state index in [0.717, 1.165) is 18.8 Å². The van der Waals surface area contributed by atoms with E-state index < -0.39 is 0 Å². The molecule has 0 saturated carbocycles. The molecule has 2 unspecified atom stereocenters. The van der Waals surface area contributed by atoms with Gasteiger partial charge in [0.1, 0.15) is 11.5 Å². The standard InChI is InChI=1S/C14H23N3O/c1-5-10(3)11(4)16-14(18)12-8-7-9-13(17-12)15-6-2/h7-11H,5-6H2,1-4H3,(H,15,17)(H,16,18). The Morgan fingerprint density at radius 1 is 1.33 bits per heavy atom. The van der Waals surface area contributed by atoms with Crippen LogP contribution < -0.4 is 10.6 Å². The monoisotopic (exact) mass is 249 g/mol. The van der Waals surface area contributed by atoms with Gasteiger partial charge in [0.25, 0.3) is 5.91 Å². The van der Waals surface area contributed by atoms with Gasteiger partial charge in [0.05, 0.1) is 0 Å². The first kappa shape index (κ1) is 14.5. The van der Waals surface area contributed by atoms with Crippen molar-refractivity contribution < 1.29 is 4.79 Å². The normalized spacial score (nSPS) is 13.8. The average molecular weight is 249 g/mol. The first-order chi connectivity index (χ1) is 8.58. The van der Waals surface area contributed by atoms with Crippen molar-refractivity contribution in [1.82, 2.24) is 10.3 Å². The van der Waals surface area contributed by atoms with Gasteiger partial charge >= 0.3 is 0 Å². The van der Waals surface area contributed by atoms with Crippen LogP contribution in [0.1, 0.15) is 44.6 Å². The third kappa shape index (κ3) is 4.02. The van der Waals surface area contributed by atoms with E-state index in [1.165, 1.54) is 0 Å². The maximum atomic E-state index is 12.0. The quantitative estimate of drug-likeness (QED) is 0.815. The van der Waals surface area contributed by atoms with Gasteiger partial charge in [-0.1, -0.05) is 26.3 Å². The van der Waals surface area contributed by atoms with Gasteiger partial charge in [0.15, 0.2) is 0 Å². The highest BCUT2D eigenvalue weighted by Gasteiger charge is 2.15. The van der Waals surface area contributed by atoms with Crippen molar-refractivity contribution in [3.05, 3.63) is 23.9 Å². The molecule has 1 heterocycles. The molecule has 0 aliphatic carbocycles. The number of carbonyl (C=O) groups is 1. The van der Waals surface area contributed by atoms with Crippen LogP contribution in [0.4, 0.5) is 5.82 Å². The molecule has 1 amide bonds. The minimum absolute atomic E-state index is 0.109. The zero-order valence-corrected chi connectivity index (χ0v) is 11.7. The predicted octanol–water partition coefficient (Wildman–Crippen LogP) is 2.68. The van der Waals surface area contributed by atoms with Gasteiger partial charge in [-0.3, -0.25) is 4.79 Å². The second-order valence-corrected chi connectivity index (χ2v) is 4.59. The van der Waals surface area contributed by atoms with E-state index >= 15 is 0 Å². The molecule has 2 N–H and O–H groups in total. The number of nitrogens with zero attached hydrogens (tertiary/aromatic N) is 1. The van der Waals surface area contributed by atoms with E-state index in [1.54, 1.807) is 6.07 Å². The Morgan fingerprint density at radius 3 is 2.67 bits per heavy atom. The number of hydrogen-bond acceptors (Lipinski definition) is 3. The molecular formula is C14H23N3O. The van der Waals surface area contributed by atoms with E-state index in [-0.39, 0.29) is 11.9 Å². The summed E-state index contributed by atoms with van der Waals surface area (Å²) in [5, 5.41) is 6.09. The Morgan fingerprint density at radius 2 is 2.06 bits per heavy atom. The first-order valence-corrected chi connectivity index (χ1v) is 6.60. The largest absolute Gasteiger partial charge is 0.370 e. The molecule has 1 rings (SSSR count). The summed E-state index contributed by atoms with van der Waals surface area (Å²) >= 11 is 0. The number of aromatic nitrogens is 1. The third-order valence-electron chi connectivity index (χ3n) is 3.20. The topological polar surface area (TPSA) is 54.0 Å². The van der Waals surface area contributed by atoms with E-state index in [2.05, 4.69) is 29.5 Å². The molecule has 2 atom stereocenters. The van der Waals surface area contributed by atoms with Crippen LogP contribution in [-0.4, -0.2) is 23.5 Å². The molecular weight excluding hydrogens is 226 g/mol. The smallest absolute Gasteiger partial charge is 0.270 e. The molecule has 0 fully saturated rings. The lowest BCUT2D eigenvalue weighted by Gasteiger charge is -2.19. The Hall–Kier alpha value is -1.58. The van der Waals surface area contributed by atoms with Gasteiger partial charge < -0.3 is 10.6 Å². The highest BCUT2D eigenvalue weighted by atomic mass is 16.1. The van der Waals surface area contributed by atoms with Gasteiger partial charge in [0, 0.05) is 12.6 Å². The number of amides is 1. The minimum atomic E-state index is -0.109. The summed E-state index contributed by atoms with van der Waals surface area (Å²) in [6.45, 7) is 9.08. The molecule has 0 spiro atoms. The zero-order valence-electron chi connectivity index (χ0n) is 11.7. The first-order valence-electron chi connectivity index (χ1n) is 6.60. The van der Waals surface area contributed by atoms with Gasteiger partial charge in [-0.05, 0) is 31.9 Å². The summed E-state index contributed by atoms with van der Waals surface area (Å²) in [6.07, 6.45) is 1.05. The van der Waals surface area contributed by atoms with Gasteiger partial charge in [-0.15, -0.1) is 0 Å². The fourth-order valence-electron chi connectivity index (χ4n) is 1.62. The lowest BCUT2D eigenvalue weighted by Crippen LogP contribution is -2.37. The van der Waals surface area contributed by atoms with Crippen molar-refractivity contribution in [3.8, 4) is 0 Å². The van der Waals surface area contributed by atoms with Crippen LogP contribution in [0.2, 0.25) is 0 Å². The number of anilines is 1. The van der Waals surface area contributed by atoms with Crippen molar-refractivity contribution >= 4 is 11.7 Å². The number of carbonyl (C=O) groups excluding carboxylic acids is 1. The van der Waals surface area contributed by atoms with Crippen molar-refractivity contribution in [2.24, 2.45) is 5.92 Å². The molecule has 100 valence electrons. The average Bonchev–Trinajstić information content (AvgIpc) is 2.38. The van der Waals surface area contributed by atoms with Crippen molar-refractivity contribution in [3.63, 3.8) is 0 Å². The lowest BCUT2D eigenvalue weighted by molar-refractivity contribution is 0.0923. The van der Waals surface area contributed by atoms with E-state index in [1.807, 2.05) is 26.0 Å². The fourth-order valence-corrected chi connectivity index (χ4v) is 1.62. The summed E-state index contributed by atoms with van der Waals surface area (Å²) in [4.78, 5) is 16.3. The van der Waals surface area contributed by atoms with Crippen LogP contribution in [0.15, 0.2) is 18.2 Å². The number of hydrogen-bond donors (Lipinski definition) is 2. The van der Waals surface area contributed by atoms with Crippen LogP contribution in [-0.2, 0) is 0 Å². The fraction of sp³-hybridized carbons (Fsp3) is 0.571. The summed E-state index contributed by atoms with van der Waals surface area (Å²) in [5.41, 5.74) is 0.462. The van der Waals surface area contributed by atoms with E-state index in [9.17, 15) is 4.79 Å². The molecule has 0 saturated heterocycles. The Bertz CT molecular complexity index is 392. The Kier molecular flexibility index (Phi) is 5.62. The summed E-state index contributed by atoms with van der Waals surface area (Å²) in [5.74, 6) is 1.09. The predicted molar refractivity (Wildman–Crippen MR) is 74.8 cm³/mol. The minimum Gasteiger partial charge on any atom is -0.370 e. The van der Waals surface area contributed by atoms with Gasteiger partial charge in [0.2, 0.25) is 0 Å². The molecule has 0 aliphatic heterocycles. The zero-order chi connectivity index (χ0) is 13.5. The van der Waals surface area contributed by atoms with Crippen LogP contribution >= 0.6 is 0 Å². The second-order valence-electron chi connectivity index (χ2n) is 4.59. The van der Waals surface area contributed by atoms with E-state index in [0.29, 0.717) is 11.6 Å². The molecule has 4 nitrogen and oxygen atoms in total. The molecule has 1 aromatic rings. The molecule has 0 aromatic carbocycles. The molecule has 1 aromatic heterocycles. The summed E-state index contributed by atoms with van der Waals surface area (Å²) in [6, 6.07) is 5.60. The van der Waals surface area contributed by atoms with Crippen LogP contribution in [0.5, 0.6) is 0 Å². The van der Waals surface area contributed by atoms with Gasteiger partial charge in [-0.2, -0.15) is 0 Å². The highest BCUT2D eigenvalue weighted by molar-refractivity contribution is 5.92. The van der Waals surface area contributed by atoms with Crippen molar-refractivity contribution in [1.29, 1.82) is 0 Å². The highest BCUT2D eigenvalue weighted by Crippen LogP contribution is 2.09. The molecule has 0 radical (unpaired) electrons. The number of rotatable bonds is 6. The summed E-state index contributed by atoms with van der Waals surface area (Å²) < 4.78 is 0. The lowest BCUT2D eigenvalue weighted by atomic mass is 10.0. The summed E-state index contributed by atoms with van der Waals surface area (Å²) in [7, 11) is 0.